The Balaban J connectivity index is 1.64. The first kappa shape index (κ1) is 20.3. The number of amides is 2. The van der Waals surface area contributed by atoms with Crippen LogP contribution in [0.5, 0.6) is 11.5 Å². The van der Waals surface area contributed by atoms with E-state index < -0.39 is 0 Å². The number of nitrogens with one attached hydrogen (secondary N) is 1. The Morgan fingerprint density at radius 1 is 1.13 bits per heavy atom. The van der Waals surface area contributed by atoms with E-state index in [0.29, 0.717) is 13.1 Å². The zero-order chi connectivity index (χ0) is 21.5. The fourth-order valence-electron chi connectivity index (χ4n) is 3.92. The molecule has 0 aromatic heterocycles. The van der Waals surface area contributed by atoms with Crippen molar-refractivity contribution in [3.05, 3.63) is 53.6 Å². The van der Waals surface area contributed by atoms with E-state index in [-0.39, 0.29) is 17.6 Å². The maximum atomic E-state index is 12.7. The summed E-state index contributed by atoms with van der Waals surface area (Å²) in [5.74, 6) is 2.47. The lowest BCUT2D eigenvalue weighted by Gasteiger charge is -2.42. The van der Waals surface area contributed by atoms with E-state index in [2.05, 4.69) is 36.2 Å². The molecule has 1 atom stereocenters. The predicted molar refractivity (Wildman–Crippen MR) is 120 cm³/mol. The molecule has 2 heterocycles. The lowest BCUT2D eigenvalue weighted by atomic mass is 10.1. The molecule has 2 aromatic rings. The van der Waals surface area contributed by atoms with E-state index >= 15 is 0 Å². The summed E-state index contributed by atoms with van der Waals surface area (Å²) in [4.78, 5) is 21.9. The molecule has 2 aromatic carbocycles. The average Bonchev–Trinajstić information content (AvgIpc) is 2.83. The van der Waals surface area contributed by atoms with Gasteiger partial charge < -0.3 is 19.9 Å². The fourth-order valence-corrected chi connectivity index (χ4v) is 3.92. The molecule has 1 unspecified atom stereocenters. The van der Waals surface area contributed by atoms with Crippen LogP contribution in [0.15, 0.2) is 47.5 Å². The molecule has 1 N–H and O–H groups in total. The van der Waals surface area contributed by atoms with Crippen molar-refractivity contribution in [1.29, 1.82) is 0 Å². The molecule has 0 bridgehead atoms. The summed E-state index contributed by atoms with van der Waals surface area (Å²) in [5.41, 5.74) is 2.72. The van der Waals surface area contributed by atoms with Crippen molar-refractivity contribution < 1.29 is 9.53 Å². The van der Waals surface area contributed by atoms with Gasteiger partial charge in [0, 0.05) is 31.2 Å². The first-order valence-corrected chi connectivity index (χ1v) is 10.5. The monoisotopic (exact) mass is 406 g/mol. The van der Waals surface area contributed by atoms with Gasteiger partial charge in [0.25, 0.3) is 0 Å². The van der Waals surface area contributed by atoms with Gasteiger partial charge in [-0.2, -0.15) is 0 Å². The highest BCUT2D eigenvalue weighted by Crippen LogP contribution is 2.38. The minimum absolute atomic E-state index is 0.0117. The smallest absolute Gasteiger partial charge is 0.318 e. The van der Waals surface area contributed by atoms with Crippen LogP contribution in [0.1, 0.15) is 38.8 Å². The van der Waals surface area contributed by atoms with Crippen LogP contribution in [0.25, 0.3) is 0 Å². The highest BCUT2D eigenvalue weighted by atomic mass is 16.5. The molecule has 2 aliphatic heterocycles. The minimum Gasteiger partial charge on any atom is -0.454 e. The number of piperazine rings is 1. The average molecular weight is 407 g/mol. The molecule has 30 heavy (non-hydrogen) atoms. The molecule has 158 valence electrons. The van der Waals surface area contributed by atoms with Crippen molar-refractivity contribution in [3.63, 3.8) is 0 Å². The van der Waals surface area contributed by atoms with Gasteiger partial charge in [0.15, 0.2) is 5.75 Å². The summed E-state index contributed by atoms with van der Waals surface area (Å²) >= 11 is 0. The van der Waals surface area contributed by atoms with Gasteiger partial charge in [0.05, 0.1) is 5.56 Å². The van der Waals surface area contributed by atoms with E-state index in [1.54, 1.807) is 0 Å². The molecular weight excluding hydrogens is 376 g/mol. The highest BCUT2D eigenvalue weighted by molar-refractivity contribution is 6.04. The first-order valence-electron chi connectivity index (χ1n) is 10.5. The van der Waals surface area contributed by atoms with Crippen LogP contribution in [-0.2, 0) is 0 Å². The van der Waals surface area contributed by atoms with Crippen molar-refractivity contribution in [2.75, 3.05) is 19.6 Å². The number of hydrogen-bond donors (Lipinski definition) is 1. The van der Waals surface area contributed by atoms with Crippen molar-refractivity contribution >= 4 is 17.6 Å². The van der Waals surface area contributed by atoms with Crippen LogP contribution >= 0.6 is 0 Å². The number of aliphatic imine (C=N–C) groups is 1. The van der Waals surface area contributed by atoms with E-state index in [9.17, 15) is 4.79 Å². The maximum Gasteiger partial charge on any atom is 0.318 e. The Bertz CT molecular complexity index is 993. The third-order valence-corrected chi connectivity index (χ3v) is 5.36. The number of carbonyl (C=O) groups excluding carboxylic acids is 1. The van der Waals surface area contributed by atoms with E-state index in [1.807, 2.05) is 56.0 Å². The molecule has 4 rings (SSSR count). The Labute approximate surface area is 178 Å². The van der Waals surface area contributed by atoms with Crippen LogP contribution < -0.4 is 10.1 Å². The molecule has 0 spiro atoms. The van der Waals surface area contributed by atoms with Gasteiger partial charge in [0.1, 0.15) is 17.3 Å². The molecule has 1 fully saturated rings. The quantitative estimate of drug-likeness (QED) is 0.690. The second-order valence-electron chi connectivity index (χ2n) is 9.17. The Kier molecular flexibility index (Phi) is 5.18. The SMILES string of the molecule is Cc1ccc2c(c1)C(N1CCN(C(=O)NC(C)(C)C)C(C)C1)=Nc1ccccc1O2. The number of amidine groups is 1. The second-order valence-corrected chi connectivity index (χ2v) is 9.17. The Hall–Kier alpha value is -3.02. The number of carbonyl (C=O) groups is 1. The number of para-hydroxylation sites is 2. The maximum absolute atomic E-state index is 12.7. The number of hydrogen-bond acceptors (Lipinski definition) is 4. The van der Waals surface area contributed by atoms with Gasteiger partial charge >= 0.3 is 6.03 Å². The van der Waals surface area contributed by atoms with Crippen LogP contribution in [0.4, 0.5) is 10.5 Å². The number of fused-ring (bicyclic) bond motifs is 2. The van der Waals surface area contributed by atoms with Crippen LogP contribution in [0, 0.1) is 6.92 Å². The molecular formula is C24H30N4O2. The van der Waals surface area contributed by atoms with Crippen molar-refractivity contribution in [2.45, 2.75) is 46.2 Å². The number of aryl methyl sites for hydroxylation is 1. The summed E-state index contributed by atoms with van der Waals surface area (Å²) in [6, 6.07) is 14.1. The van der Waals surface area contributed by atoms with E-state index in [1.165, 1.54) is 0 Å². The summed E-state index contributed by atoms with van der Waals surface area (Å²) in [6.07, 6.45) is 0. The zero-order valence-electron chi connectivity index (χ0n) is 18.4. The number of ether oxygens (including phenoxy) is 1. The summed E-state index contributed by atoms with van der Waals surface area (Å²) in [7, 11) is 0. The summed E-state index contributed by atoms with van der Waals surface area (Å²) in [6.45, 7) is 12.3. The third kappa shape index (κ3) is 4.13. The van der Waals surface area contributed by atoms with Gasteiger partial charge in [-0.15, -0.1) is 0 Å². The molecule has 6 nitrogen and oxygen atoms in total. The number of benzene rings is 2. The minimum atomic E-state index is -0.253. The molecule has 2 amide bonds. The van der Waals surface area contributed by atoms with E-state index in [0.717, 1.165) is 40.7 Å². The van der Waals surface area contributed by atoms with Gasteiger partial charge in [0.2, 0.25) is 0 Å². The molecule has 0 saturated carbocycles. The molecule has 1 saturated heterocycles. The number of urea groups is 1. The van der Waals surface area contributed by atoms with Crippen molar-refractivity contribution in [2.24, 2.45) is 4.99 Å². The summed E-state index contributed by atoms with van der Waals surface area (Å²) in [5, 5.41) is 3.08. The standard InChI is InChI=1S/C24H30N4O2/c1-16-10-11-20-18(14-16)22(25-19-8-6-7-9-21(19)30-20)27-12-13-28(17(2)15-27)23(29)26-24(3,4)5/h6-11,14,17H,12-13,15H2,1-5H3,(H,26,29). The normalized spacial score (nSPS) is 18.6. The number of nitrogens with zero attached hydrogens (tertiary/aromatic N) is 3. The van der Waals surface area contributed by atoms with Crippen molar-refractivity contribution in [1.82, 2.24) is 15.1 Å². The van der Waals surface area contributed by atoms with Gasteiger partial charge in [-0.3, -0.25) is 0 Å². The topological polar surface area (TPSA) is 57.2 Å². The van der Waals surface area contributed by atoms with Crippen LogP contribution in [-0.4, -0.2) is 52.9 Å². The first-order chi connectivity index (χ1) is 14.2. The lowest BCUT2D eigenvalue weighted by molar-refractivity contribution is 0.129. The van der Waals surface area contributed by atoms with Crippen LogP contribution in [0.3, 0.4) is 0 Å². The molecule has 6 heteroatoms. The van der Waals surface area contributed by atoms with Gasteiger partial charge in [-0.05, 0) is 58.9 Å². The molecule has 2 aliphatic rings. The fraction of sp³-hybridized carbons (Fsp3) is 0.417. The Morgan fingerprint density at radius 2 is 1.90 bits per heavy atom. The second kappa shape index (κ2) is 7.67. The van der Waals surface area contributed by atoms with Crippen LogP contribution in [0.2, 0.25) is 0 Å². The number of rotatable bonds is 0. The van der Waals surface area contributed by atoms with Crippen molar-refractivity contribution in [3.8, 4) is 11.5 Å². The zero-order valence-corrected chi connectivity index (χ0v) is 18.4. The predicted octanol–water partition coefficient (Wildman–Crippen LogP) is 4.69. The van der Waals surface area contributed by atoms with E-state index in [4.69, 9.17) is 9.73 Å². The Morgan fingerprint density at radius 3 is 2.63 bits per heavy atom. The van der Waals surface area contributed by atoms with Gasteiger partial charge in [-0.25, -0.2) is 9.79 Å². The summed E-state index contributed by atoms with van der Waals surface area (Å²) < 4.78 is 6.20. The lowest BCUT2D eigenvalue weighted by Crippen LogP contribution is -2.59. The highest BCUT2D eigenvalue weighted by Gasteiger charge is 2.32. The molecule has 0 aliphatic carbocycles. The molecule has 0 radical (unpaired) electrons. The van der Waals surface area contributed by atoms with Gasteiger partial charge in [-0.1, -0.05) is 23.8 Å². The third-order valence-electron chi connectivity index (χ3n) is 5.36. The largest absolute Gasteiger partial charge is 0.454 e.